The number of nitrogens with one attached hydrogen (secondary N) is 3. The predicted molar refractivity (Wildman–Crippen MR) is 155 cm³/mol. The van der Waals surface area contributed by atoms with Crippen LogP contribution in [0.2, 0.25) is 0 Å². The number of amides is 2. The Balaban J connectivity index is 1.58. The molecule has 204 valence electrons. The number of aldehydes is 1. The van der Waals surface area contributed by atoms with Crippen molar-refractivity contribution in [3.63, 3.8) is 0 Å². The molecule has 40 heavy (non-hydrogen) atoms. The summed E-state index contributed by atoms with van der Waals surface area (Å²) in [6.07, 6.45) is 2.45. The van der Waals surface area contributed by atoms with Crippen LogP contribution >= 0.6 is 0 Å². The van der Waals surface area contributed by atoms with Crippen LogP contribution in [-0.2, 0) is 20.7 Å². The van der Waals surface area contributed by atoms with E-state index in [-0.39, 0.29) is 18.9 Å². The number of aryl methyl sites for hydroxylation is 2. The Morgan fingerprint density at radius 3 is 2.62 bits per heavy atom. The van der Waals surface area contributed by atoms with E-state index in [2.05, 4.69) is 20.9 Å². The zero-order chi connectivity index (χ0) is 28.2. The number of nitrogens with two attached hydrogens (primary N) is 1. The smallest absolute Gasteiger partial charge is 0.411 e. The molecule has 0 radical (unpaired) electrons. The Morgan fingerprint density at radius 2 is 1.85 bits per heavy atom. The molecule has 0 fully saturated rings. The van der Waals surface area contributed by atoms with E-state index in [1.54, 1.807) is 30.5 Å². The van der Waals surface area contributed by atoms with Crippen LogP contribution < -0.4 is 21.7 Å². The molecule has 4 bridgehead atoms. The molecule has 0 aliphatic carbocycles. The van der Waals surface area contributed by atoms with E-state index < -0.39 is 18.2 Å². The number of nitrogen functional groups attached to an aromatic ring is 1. The zero-order valence-electron chi connectivity index (χ0n) is 22.4. The molecule has 0 spiro atoms. The molecule has 3 heterocycles. The third-order valence-corrected chi connectivity index (χ3v) is 7.19. The van der Waals surface area contributed by atoms with Crippen LogP contribution in [0.25, 0.3) is 10.8 Å². The van der Waals surface area contributed by atoms with Crippen LogP contribution in [0.1, 0.15) is 46.3 Å². The third kappa shape index (κ3) is 5.73. The first kappa shape index (κ1) is 26.7. The maximum absolute atomic E-state index is 14.0. The number of fused-ring (bicyclic) bond motifs is 10. The van der Waals surface area contributed by atoms with Crippen molar-refractivity contribution >= 4 is 46.3 Å². The van der Waals surface area contributed by atoms with E-state index in [1.165, 1.54) is 0 Å². The Morgan fingerprint density at radius 1 is 1.05 bits per heavy atom. The van der Waals surface area contributed by atoms with Gasteiger partial charge < -0.3 is 25.9 Å². The maximum Gasteiger partial charge on any atom is 0.411 e. The Bertz CT molecular complexity index is 1580. The van der Waals surface area contributed by atoms with Gasteiger partial charge in [-0.2, -0.15) is 0 Å². The number of pyridine rings is 1. The fraction of sp³-hybridized carbons (Fsp3) is 0.226. The van der Waals surface area contributed by atoms with E-state index in [1.807, 2.05) is 50.2 Å². The number of aromatic nitrogens is 1. The highest BCUT2D eigenvalue weighted by atomic mass is 16.5. The van der Waals surface area contributed by atoms with E-state index in [9.17, 15) is 14.4 Å². The van der Waals surface area contributed by atoms with Crippen LogP contribution in [0.4, 0.5) is 22.0 Å². The lowest BCUT2D eigenvalue weighted by molar-refractivity contribution is -0.122. The van der Waals surface area contributed by atoms with Gasteiger partial charge in [-0.25, -0.2) is 9.78 Å². The quantitative estimate of drug-likeness (QED) is 0.265. The first-order chi connectivity index (χ1) is 19.3. The van der Waals surface area contributed by atoms with Crippen LogP contribution in [-0.4, -0.2) is 29.9 Å². The summed E-state index contributed by atoms with van der Waals surface area (Å²) in [6, 6.07) is 17.2. The van der Waals surface area contributed by atoms with E-state index in [0.717, 1.165) is 45.0 Å². The highest BCUT2D eigenvalue weighted by molar-refractivity contribution is 5.94. The van der Waals surface area contributed by atoms with Gasteiger partial charge in [0.15, 0.2) is 0 Å². The zero-order valence-corrected chi connectivity index (χ0v) is 22.4. The molecule has 3 aromatic carbocycles. The van der Waals surface area contributed by atoms with Crippen molar-refractivity contribution in [1.29, 1.82) is 0 Å². The van der Waals surface area contributed by atoms with Crippen molar-refractivity contribution < 1.29 is 19.1 Å². The topological polar surface area (TPSA) is 135 Å². The molecular weight excluding hydrogens is 506 g/mol. The molecule has 4 aromatic rings. The van der Waals surface area contributed by atoms with Gasteiger partial charge in [0.1, 0.15) is 18.1 Å². The van der Waals surface area contributed by atoms with Gasteiger partial charge in [0, 0.05) is 35.8 Å². The highest BCUT2D eigenvalue weighted by Crippen LogP contribution is 2.30. The van der Waals surface area contributed by atoms with Gasteiger partial charge in [0.25, 0.3) is 0 Å². The molecule has 9 nitrogen and oxygen atoms in total. The third-order valence-electron chi connectivity index (χ3n) is 7.19. The van der Waals surface area contributed by atoms with Gasteiger partial charge in [-0.15, -0.1) is 0 Å². The summed E-state index contributed by atoms with van der Waals surface area (Å²) in [5.41, 5.74) is 11.8. The second kappa shape index (κ2) is 11.4. The molecular formula is C31H31N5O4. The molecule has 2 aliphatic rings. The van der Waals surface area contributed by atoms with Crippen molar-refractivity contribution in [2.75, 3.05) is 23.0 Å². The van der Waals surface area contributed by atoms with Gasteiger partial charge in [0.2, 0.25) is 5.91 Å². The minimum Gasteiger partial charge on any atom is -0.449 e. The number of carbonyl (C=O) groups excluding carboxylic acids is 3. The summed E-state index contributed by atoms with van der Waals surface area (Å²) < 4.78 is 5.44. The number of rotatable bonds is 4. The van der Waals surface area contributed by atoms with Gasteiger partial charge in [-0.3, -0.25) is 10.1 Å². The first-order valence-corrected chi connectivity index (χ1v) is 13.1. The van der Waals surface area contributed by atoms with Crippen molar-refractivity contribution in [3.8, 4) is 0 Å². The highest BCUT2D eigenvalue weighted by Gasteiger charge is 2.26. The number of hydrogen-bond acceptors (Lipinski definition) is 7. The van der Waals surface area contributed by atoms with Gasteiger partial charge in [-0.1, -0.05) is 24.3 Å². The van der Waals surface area contributed by atoms with Crippen LogP contribution in [0.5, 0.6) is 0 Å². The fourth-order valence-electron chi connectivity index (χ4n) is 5.21. The summed E-state index contributed by atoms with van der Waals surface area (Å²) in [4.78, 5) is 42.1. The van der Waals surface area contributed by atoms with Crippen LogP contribution in [0, 0.1) is 13.8 Å². The summed E-state index contributed by atoms with van der Waals surface area (Å²) >= 11 is 0. The molecule has 2 amide bonds. The van der Waals surface area contributed by atoms with Crippen molar-refractivity contribution in [2.45, 2.75) is 38.8 Å². The standard InChI is InChI=1S/C31H31N5O4/c1-18-14-22-15-19(2)25(18)10-13-40-31(39)35-23-5-3-4-21(17-23)27(9-12-37)36-30(38)28(22)34-24-6-7-26-20(16-24)8-11-33-29(26)32/h3-8,11-12,14-17,27-28,34H,9-10,13H2,1-2H3,(H2,32,33)(H,35,39)(H,36,38)/t27?,28-/m1/s1. The molecule has 2 atom stereocenters. The number of carbonyl (C=O) groups is 3. The molecule has 5 N–H and O–H groups in total. The van der Waals surface area contributed by atoms with Crippen molar-refractivity contribution in [1.82, 2.24) is 10.3 Å². The molecule has 9 heteroatoms. The lowest BCUT2D eigenvalue weighted by Gasteiger charge is -2.26. The Hall–Kier alpha value is -4.92. The van der Waals surface area contributed by atoms with Gasteiger partial charge in [-0.05, 0) is 83.4 Å². The molecule has 1 aromatic heterocycles. The molecule has 0 saturated carbocycles. The van der Waals surface area contributed by atoms with Crippen molar-refractivity contribution in [2.24, 2.45) is 0 Å². The maximum atomic E-state index is 14.0. The minimum atomic E-state index is -0.760. The van der Waals surface area contributed by atoms with Crippen molar-refractivity contribution in [3.05, 3.63) is 94.7 Å². The Kier molecular flexibility index (Phi) is 7.63. The summed E-state index contributed by atoms with van der Waals surface area (Å²) in [5.74, 6) is 0.144. The second-order valence-corrected chi connectivity index (χ2v) is 9.94. The SMILES string of the molecule is Cc1cc2cc(C)c1CCOC(=O)Nc1cccc(c1)C(CC=O)NC(=O)[C@@H]2Nc1ccc2c(N)nccc2c1. The Labute approximate surface area is 232 Å². The summed E-state index contributed by atoms with van der Waals surface area (Å²) in [5, 5.41) is 10.9. The van der Waals surface area contributed by atoms with Gasteiger partial charge in [0.05, 0.1) is 12.6 Å². The lowest BCUT2D eigenvalue weighted by atomic mass is 9.93. The summed E-state index contributed by atoms with van der Waals surface area (Å²) in [6.45, 7) is 4.17. The first-order valence-electron chi connectivity index (χ1n) is 13.1. The normalized spacial score (nSPS) is 17.6. The predicted octanol–water partition coefficient (Wildman–Crippen LogP) is 5.14. The number of ether oxygens (including phenoxy) is 1. The average molecular weight is 538 g/mol. The summed E-state index contributed by atoms with van der Waals surface area (Å²) in [7, 11) is 0. The number of hydrogen-bond donors (Lipinski definition) is 4. The second-order valence-electron chi connectivity index (χ2n) is 9.94. The van der Waals surface area contributed by atoms with Crippen LogP contribution in [0.15, 0.2) is 66.9 Å². The molecule has 2 aliphatic heterocycles. The van der Waals surface area contributed by atoms with Crippen LogP contribution in [0.3, 0.4) is 0 Å². The van der Waals surface area contributed by atoms with E-state index >= 15 is 0 Å². The number of nitrogens with zero attached hydrogens (tertiary/aromatic N) is 1. The fourth-order valence-corrected chi connectivity index (χ4v) is 5.21. The minimum absolute atomic E-state index is 0.0611. The molecule has 1 unspecified atom stereocenters. The number of anilines is 3. The van der Waals surface area contributed by atoms with Gasteiger partial charge >= 0.3 is 6.09 Å². The van der Waals surface area contributed by atoms with E-state index in [0.29, 0.717) is 23.5 Å². The molecule has 6 rings (SSSR count). The monoisotopic (exact) mass is 537 g/mol. The number of benzene rings is 3. The van der Waals surface area contributed by atoms with E-state index in [4.69, 9.17) is 10.5 Å². The lowest BCUT2D eigenvalue weighted by Crippen LogP contribution is -2.36. The largest absolute Gasteiger partial charge is 0.449 e. The molecule has 0 saturated heterocycles. The average Bonchev–Trinajstić information content (AvgIpc) is 2.92.